The van der Waals surface area contributed by atoms with Crippen LogP contribution in [0.1, 0.15) is 11.4 Å². The standard InChI is InChI=1S/C14H14Cl2N2OS/c1-9-14(16)12(18(2)17-9)7-10(19)8-20-13-6-4-3-5-11(13)15/h3-6H,7-8H2,1-2H3. The van der Waals surface area contributed by atoms with Crippen LogP contribution in [-0.4, -0.2) is 21.3 Å². The van der Waals surface area contributed by atoms with Gasteiger partial charge in [0.25, 0.3) is 0 Å². The van der Waals surface area contributed by atoms with E-state index in [-0.39, 0.29) is 12.2 Å². The van der Waals surface area contributed by atoms with Crippen LogP contribution in [0.3, 0.4) is 0 Å². The lowest BCUT2D eigenvalue weighted by molar-refractivity contribution is -0.116. The highest BCUT2D eigenvalue weighted by atomic mass is 35.5. The van der Waals surface area contributed by atoms with Crippen LogP contribution in [0.4, 0.5) is 0 Å². The molecule has 0 saturated heterocycles. The zero-order valence-corrected chi connectivity index (χ0v) is 13.5. The van der Waals surface area contributed by atoms with E-state index in [2.05, 4.69) is 5.10 Å². The molecule has 1 heterocycles. The summed E-state index contributed by atoms with van der Waals surface area (Å²) in [6, 6.07) is 7.49. The zero-order valence-electron chi connectivity index (χ0n) is 11.2. The second kappa shape index (κ2) is 6.66. The number of nitrogens with zero attached hydrogens (tertiary/aromatic N) is 2. The number of hydrogen-bond acceptors (Lipinski definition) is 3. The topological polar surface area (TPSA) is 34.9 Å². The van der Waals surface area contributed by atoms with E-state index in [9.17, 15) is 4.79 Å². The van der Waals surface area contributed by atoms with Gasteiger partial charge in [-0.2, -0.15) is 5.10 Å². The molecular formula is C14H14Cl2N2OS. The zero-order chi connectivity index (χ0) is 14.7. The molecule has 2 rings (SSSR count). The number of ketones is 1. The summed E-state index contributed by atoms with van der Waals surface area (Å²) in [6.45, 7) is 1.83. The van der Waals surface area contributed by atoms with Crippen LogP contribution in [0.5, 0.6) is 0 Å². The van der Waals surface area contributed by atoms with E-state index in [1.807, 2.05) is 31.2 Å². The van der Waals surface area contributed by atoms with Gasteiger partial charge in [0.15, 0.2) is 0 Å². The fourth-order valence-corrected chi connectivity index (χ4v) is 3.16. The van der Waals surface area contributed by atoms with Gasteiger partial charge in [0.05, 0.1) is 33.6 Å². The molecule has 0 radical (unpaired) electrons. The Hall–Kier alpha value is -0.970. The van der Waals surface area contributed by atoms with E-state index in [0.717, 1.165) is 16.3 Å². The average molecular weight is 329 g/mol. The fraction of sp³-hybridized carbons (Fsp3) is 0.286. The Balaban J connectivity index is 1.98. The van der Waals surface area contributed by atoms with Crippen molar-refractivity contribution in [2.24, 2.45) is 7.05 Å². The minimum absolute atomic E-state index is 0.0971. The smallest absolute Gasteiger partial charge is 0.149 e. The number of thioether (sulfide) groups is 1. The second-order valence-corrected chi connectivity index (χ2v) is 6.21. The van der Waals surface area contributed by atoms with Gasteiger partial charge >= 0.3 is 0 Å². The van der Waals surface area contributed by atoms with Crippen molar-refractivity contribution in [2.75, 3.05) is 5.75 Å². The Morgan fingerprint density at radius 3 is 2.65 bits per heavy atom. The number of halogens is 2. The molecule has 2 aromatic rings. The lowest BCUT2D eigenvalue weighted by atomic mass is 10.2. The van der Waals surface area contributed by atoms with Crippen molar-refractivity contribution >= 4 is 40.7 Å². The first-order valence-corrected chi connectivity index (χ1v) is 7.80. The largest absolute Gasteiger partial charge is 0.298 e. The summed E-state index contributed by atoms with van der Waals surface area (Å²) in [6.07, 6.45) is 0.285. The fourth-order valence-electron chi connectivity index (χ4n) is 1.83. The third kappa shape index (κ3) is 3.57. The van der Waals surface area contributed by atoms with Crippen molar-refractivity contribution in [1.29, 1.82) is 0 Å². The first kappa shape index (κ1) is 15.4. The molecule has 0 N–H and O–H groups in total. The van der Waals surface area contributed by atoms with E-state index >= 15 is 0 Å². The van der Waals surface area contributed by atoms with Gasteiger partial charge in [-0.05, 0) is 19.1 Å². The van der Waals surface area contributed by atoms with Crippen molar-refractivity contribution in [3.05, 3.63) is 45.7 Å². The molecule has 0 aliphatic rings. The van der Waals surface area contributed by atoms with Crippen molar-refractivity contribution in [3.63, 3.8) is 0 Å². The summed E-state index contributed by atoms with van der Waals surface area (Å²) < 4.78 is 1.66. The number of hydrogen-bond donors (Lipinski definition) is 0. The molecule has 106 valence electrons. The molecular weight excluding hydrogens is 315 g/mol. The van der Waals surface area contributed by atoms with Gasteiger partial charge in [0.1, 0.15) is 5.78 Å². The third-order valence-electron chi connectivity index (χ3n) is 2.85. The lowest BCUT2D eigenvalue weighted by Crippen LogP contribution is -2.10. The number of aryl methyl sites for hydroxylation is 2. The molecule has 0 aliphatic carbocycles. The van der Waals surface area contributed by atoms with E-state index in [4.69, 9.17) is 23.2 Å². The van der Waals surface area contributed by atoms with Crippen molar-refractivity contribution < 1.29 is 4.79 Å². The Morgan fingerprint density at radius 2 is 2.05 bits per heavy atom. The third-order valence-corrected chi connectivity index (χ3v) is 4.92. The summed E-state index contributed by atoms with van der Waals surface area (Å²) in [5.41, 5.74) is 1.50. The van der Waals surface area contributed by atoms with E-state index < -0.39 is 0 Å². The number of benzene rings is 1. The van der Waals surface area contributed by atoms with Crippen LogP contribution in [0.15, 0.2) is 29.2 Å². The molecule has 0 amide bonds. The maximum absolute atomic E-state index is 12.0. The minimum atomic E-state index is 0.0971. The Bertz CT molecular complexity index is 640. The molecule has 3 nitrogen and oxygen atoms in total. The maximum Gasteiger partial charge on any atom is 0.149 e. The average Bonchev–Trinajstić information content (AvgIpc) is 2.64. The minimum Gasteiger partial charge on any atom is -0.298 e. The molecule has 0 fully saturated rings. The number of Topliss-reactive ketones (excluding diaryl/α,β-unsaturated/α-hetero) is 1. The summed E-state index contributed by atoms with van der Waals surface area (Å²) >= 11 is 13.6. The highest BCUT2D eigenvalue weighted by Crippen LogP contribution is 2.27. The van der Waals surface area contributed by atoms with Crippen molar-refractivity contribution in [1.82, 2.24) is 9.78 Å². The van der Waals surface area contributed by atoms with Crippen LogP contribution in [0.25, 0.3) is 0 Å². The van der Waals surface area contributed by atoms with Gasteiger partial charge < -0.3 is 0 Å². The molecule has 0 unspecified atom stereocenters. The van der Waals surface area contributed by atoms with E-state index in [1.54, 1.807) is 11.7 Å². The van der Waals surface area contributed by atoms with Crippen LogP contribution >= 0.6 is 35.0 Å². The van der Waals surface area contributed by atoms with E-state index in [0.29, 0.717) is 15.8 Å². The van der Waals surface area contributed by atoms with Crippen LogP contribution < -0.4 is 0 Å². The molecule has 20 heavy (non-hydrogen) atoms. The molecule has 1 aromatic heterocycles. The summed E-state index contributed by atoms with van der Waals surface area (Å²) in [4.78, 5) is 13.0. The van der Waals surface area contributed by atoms with Crippen LogP contribution in [0, 0.1) is 6.92 Å². The van der Waals surface area contributed by atoms with Crippen molar-refractivity contribution in [2.45, 2.75) is 18.2 Å². The molecule has 6 heteroatoms. The Morgan fingerprint density at radius 1 is 1.35 bits per heavy atom. The first-order valence-electron chi connectivity index (χ1n) is 6.06. The monoisotopic (exact) mass is 328 g/mol. The predicted octanol–water partition coefficient (Wildman–Crippen LogP) is 3.94. The van der Waals surface area contributed by atoms with Gasteiger partial charge in [-0.25, -0.2) is 0 Å². The number of rotatable bonds is 5. The molecule has 0 saturated carbocycles. The lowest BCUT2D eigenvalue weighted by Gasteiger charge is -2.04. The molecule has 0 bridgehead atoms. The molecule has 0 atom stereocenters. The van der Waals surface area contributed by atoms with Crippen molar-refractivity contribution in [3.8, 4) is 0 Å². The predicted molar refractivity (Wildman–Crippen MR) is 83.8 cm³/mol. The van der Waals surface area contributed by atoms with E-state index in [1.165, 1.54) is 11.8 Å². The first-order chi connectivity index (χ1) is 9.49. The molecule has 0 aliphatic heterocycles. The SMILES string of the molecule is Cc1nn(C)c(CC(=O)CSc2ccccc2Cl)c1Cl. The normalized spacial score (nSPS) is 10.8. The van der Waals surface area contributed by atoms with Gasteiger partial charge in [-0.3, -0.25) is 9.48 Å². The number of aromatic nitrogens is 2. The summed E-state index contributed by atoms with van der Waals surface area (Å²) in [5, 5.41) is 5.44. The Labute approximate surface area is 132 Å². The van der Waals surface area contributed by atoms with Gasteiger partial charge in [-0.15, -0.1) is 11.8 Å². The van der Waals surface area contributed by atoms with Crippen LogP contribution in [0.2, 0.25) is 10.0 Å². The van der Waals surface area contributed by atoms with Crippen LogP contribution in [-0.2, 0) is 18.3 Å². The number of carbonyl (C=O) groups excluding carboxylic acids is 1. The quantitative estimate of drug-likeness (QED) is 0.780. The summed E-state index contributed by atoms with van der Waals surface area (Å²) in [5.74, 6) is 0.462. The number of carbonyl (C=O) groups is 1. The molecule has 1 aromatic carbocycles. The van der Waals surface area contributed by atoms with Gasteiger partial charge in [-0.1, -0.05) is 35.3 Å². The molecule has 0 spiro atoms. The highest BCUT2D eigenvalue weighted by molar-refractivity contribution is 8.00. The second-order valence-electron chi connectivity index (χ2n) is 4.40. The van der Waals surface area contributed by atoms with Gasteiger partial charge in [0.2, 0.25) is 0 Å². The maximum atomic E-state index is 12.0. The summed E-state index contributed by atoms with van der Waals surface area (Å²) in [7, 11) is 1.79. The Kier molecular flexibility index (Phi) is 5.13. The van der Waals surface area contributed by atoms with Gasteiger partial charge in [0, 0.05) is 11.9 Å². The highest BCUT2D eigenvalue weighted by Gasteiger charge is 2.15.